The zero-order chi connectivity index (χ0) is 24.7. The number of amides is 1. The van der Waals surface area contributed by atoms with Crippen molar-refractivity contribution < 1.29 is 13.9 Å². The quantitative estimate of drug-likeness (QED) is 0.533. The number of aryl methyl sites for hydroxylation is 2. The van der Waals surface area contributed by atoms with E-state index in [1.165, 1.54) is 7.11 Å². The van der Waals surface area contributed by atoms with E-state index in [1.807, 2.05) is 28.5 Å². The Bertz CT molecular complexity index is 1270. The number of ether oxygens (including phenoxy) is 1. The summed E-state index contributed by atoms with van der Waals surface area (Å²) in [6.45, 7) is 3.22. The van der Waals surface area contributed by atoms with E-state index in [4.69, 9.17) is 27.1 Å². The van der Waals surface area contributed by atoms with Crippen molar-refractivity contribution in [2.75, 3.05) is 31.7 Å². The second-order valence-electron chi connectivity index (χ2n) is 9.37. The van der Waals surface area contributed by atoms with E-state index >= 15 is 4.39 Å². The van der Waals surface area contributed by atoms with Crippen LogP contribution in [0.1, 0.15) is 35.1 Å². The molecule has 3 N–H and O–H groups in total. The van der Waals surface area contributed by atoms with Crippen LogP contribution in [0.5, 0.6) is 0 Å². The highest BCUT2D eigenvalue weighted by Gasteiger charge is 2.46. The lowest BCUT2D eigenvalue weighted by molar-refractivity contribution is 0.0461. The van der Waals surface area contributed by atoms with Crippen LogP contribution in [0.2, 0.25) is 5.02 Å². The van der Waals surface area contributed by atoms with Gasteiger partial charge in [0.1, 0.15) is 5.82 Å². The van der Waals surface area contributed by atoms with Gasteiger partial charge in [0.2, 0.25) is 0 Å². The zero-order valence-corrected chi connectivity index (χ0v) is 20.6. The van der Waals surface area contributed by atoms with Crippen molar-refractivity contribution in [2.45, 2.75) is 50.5 Å². The topological polar surface area (TPSA) is 111 Å². The van der Waals surface area contributed by atoms with E-state index in [0.29, 0.717) is 42.0 Å². The number of carbonyl (C=O) groups excluding carboxylic acids is 1. The summed E-state index contributed by atoms with van der Waals surface area (Å²) in [7, 11) is 1.48. The maximum Gasteiger partial charge on any atom is 0.272 e. The Morgan fingerprint density at radius 3 is 3.00 bits per heavy atom. The average molecular weight is 502 g/mol. The number of nitrogens with one attached hydrogen (secondary N) is 1. The third kappa shape index (κ3) is 4.46. The lowest BCUT2D eigenvalue weighted by Gasteiger charge is -2.27. The number of alkyl halides is 1. The molecule has 3 aromatic heterocycles. The molecular formula is C24H29ClFN7O2. The van der Waals surface area contributed by atoms with Crippen molar-refractivity contribution in [3.63, 3.8) is 0 Å². The number of nitrogens with two attached hydrogens (primary N) is 1. The Labute approximate surface area is 207 Å². The molecule has 3 aromatic rings. The third-order valence-corrected chi connectivity index (χ3v) is 7.28. The number of anilines is 1. The summed E-state index contributed by atoms with van der Waals surface area (Å²) >= 11 is 6.32. The van der Waals surface area contributed by atoms with Crippen LogP contribution in [0, 0.1) is 0 Å². The fourth-order valence-corrected chi connectivity index (χ4v) is 5.27. The van der Waals surface area contributed by atoms with E-state index in [1.54, 1.807) is 12.3 Å². The lowest BCUT2D eigenvalue weighted by Crippen LogP contribution is -2.46. The SMILES string of the molecule is CCn1cc(Cl)c2cc(C(=O)NC3CCc4nc(N5CC(N)C(F)(COC)C5)ccc4C3)nnc21. The molecule has 9 nitrogen and oxygen atoms in total. The van der Waals surface area contributed by atoms with Gasteiger partial charge in [0.15, 0.2) is 17.0 Å². The van der Waals surface area contributed by atoms with Crippen molar-refractivity contribution in [1.29, 1.82) is 0 Å². The Kier molecular flexibility index (Phi) is 6.37. The van der Waals surface area contributed by atoms with Gasteiger partial charge in [-0.1, -0.05) is 17.7 Å². The van der Waals surface area contributed by atoms with Crippen LogP contribution < -0.4 is 16.0 Å². The first-order valence-electron chi connectivity index (χ1n) is 11.8. The largest absolute Gasteiger partial charge is 0.381 e. The van der Waals surface area contributed by atoms with Crippen molar-refractivity contribution in [2.24, 2.45) is 5.73 Å². The van der Waals surface area contributed by atoms with Gasteiger partial charge < -0.3 is 25.3 Å². The second-order valence-corrected chi connectivity index (χ2v) is 9.78. The molecule has 2 aliphatic rings. The van der Waals surface area contributed by atoms with Crippen molar-refractivity contribution >= 4 is 34.4 Å². The maximum atomic E-state index is 15.0. The summed E-state index contributed by atoms with van der Waals surface area (Å²) in [6, 6.07) is 4.92. The van der Waals surface area contributed by atoms with Gasteiger partial charge in [-0.05, 0) is 43.9 Å². The molecule has 0 spiro atoms. The predicted molar refractivity (Wildman–Crippen MR) is 132 cm³/mol. The standard InChI is InChI=1S/C24H29ClFN7O2/c1-3-32-10-17(25)16-9-19(30-31-22(16)32)23(34)28-15-5-6-18-14(8-15)4-7-21(29-18)33-11-20(27)24(26,12-33)13-35-2/h4,7,9-10,15,20H,3,5-6,8,11-13,27H2,1-2H3,(H,28,34). The number of rotatable bonds is 6. The first-order valence-corrected chi connectivity index (χ1v) is 12.2. The molecule has 1 aliphatic heterocycles. The van der Waals surface area contributed by atoms with Crippen LogP contribution in [-0.2, 0) is 24.1 Å². The number of pyridine rings is 1. The zero-order valence-electron chi connectivity index (χ0n) is 19.8. The van der Waals surface area contributed by atoms with Gasteiger partial charge in [-0.25, -0.2) is 9.37 Å². The molecule has 1 saturated heterocycles. The molecule has 3 unspecified atom stereocenters. The highest BCUT2D eigenvalue weighted by molar-refractivity contribution is 6.35. The molecule has 186 valence electrons. The molecule has 1 amide bonds. The van der Waals surface area contributed by atoms with Crippen LogP contribution in [0.4, 0.5) is 10.2 Å². The molecule has 1 aliphatic carbocycles. The Morgan fingerprint density at radius 1 is 1.40 bits per heavy atom. The molecule has 0 radical (unpaired) electrons. The van der Waals surface area contributed by atoms with Crippen molar-refractivity contribution in [3.05, 3.63) is 46.4 Å². The van der Waals surface area contributed by atoms with E-state index < -0.39 is 11.7 Å². The molecule has 1 fully saturated rings. The number of halogens is 2. The van der Waals surface area contributed by atoms with Gasteiger partial charge >= 0.3 is 0 Å². The van der Waals surface area contributed by atoms with Crippen LogP contribution in [0.15, 0.2) is 24.4 Å². The molecule has 0 aromatic carbocycles. The van der Waals surface area contributed by atoms with Gasteiger partial charge in [0.05, 0.1) is 24.2 Å². The Balaban J connectivity index is 1.26. The molecule has 5 rings (SSSR count). The summed E-state index contributed by atoms with van der Waals surface area (Å²) in [5, 5.41) is 12.7. The van der Waals surface area contributed by atoms with E-state index in [0.717, 1.165) is 23.5 Å². The number of nitrogens with zero attached hydrogens (tertiary/aromatic N) is 5. The Hall–Kier alpha value is -2.82. The van der Waals surface area contributed by atoms with Crippen molar-refractivity contribution in [3.8, 4) is 0 Å². The summed E-state index contributed by atoms with van der Waals surface area (Å²) < 4.78 is 22.0. The molecule has 35 heavy (non-hydrogen) atoms. The molecule has 0 bridgehead atoms. The minimum Gasteiger partial charge on any atom is -0.381 e. The van der Waals surface area contributed by atoms with Gasteiger partial charge in [0.25, 0.3) is 5.91 Å². The Morgan fingerprint density at radius 2 is 2.23 bits per heavy atom. The van der Waals surface area contributed by atoms with Crippen LogP contribution in [0.3, 0.4) is 0 Å². The number of fused-ring (bicyclic) bond motifs is 2. The highest BCUT2D eigenvalue weighted by atomic mass is 35.5. The molecular weight excluding hydrogens is 473 g/mol. The smallest absolute Gasteiger partial charge is 0.272 e. The number of methoxy groups -OCH3 is 1. The van der Waals surface area contributed by atoms with Crippen LogP contribution in [-0.4, -0.2) is 70.2 Å². The maximum absolute atomic E-state index is 15.0. The van der Waals surface area contributed by atoms with Crippen LogP contribution >= 0.6 is 11.6 Å². The summed E-state index contributed by atoms with van der Waals surface area (Å²) in [5.41, 5.74) is 7.40. The molecule has 3 atom stereocenters. The lowest BCUT2D eigenvalue weighted by atomic mass is 9.91. The van der Waals surface area contributed by atoms with Gasteiger partial charge in [-0.2, -0.15) is 0 Å². The number of aromatic nitrogens is 4. The summed E-state index contributed by atoms with van der Waals surface area (Å²) in [5.74, 6) is 0.443. The summed E-state index contributed by atoms with van der Waals surface area (Å²) in [6.07, 6.45) is 3.91. The van der Waals surface area contributed by atoms with Gasteiger partial charge in [-0.3, -0.25) is 4.79 Å². The normalized spacial score (nSPS) is 24.1. The monoisotopic (exact) mass is 501 g/mol. The minimum absolute atomic E-state index is 0.0368. The van der Waals surface area contributed by atoms with Gasteiger partial charge in [0, 0.05) is 43.5 Å². The van der Waals surface area contributed by atoms with Crippen LogP contribution in [0.25, 0.3) is 11.0 Å². The molecule has 11 heteroatoms. The minimum atomic E-state index is -1.59. The average Bonchev–Trinajstić information content (AvgIpc) is 3.34. The second kappa shape index (κ2) is 9.33. The fourth-order valence-electron chi connectivity index (χ4n) is 5.02. The van der Waals surface area contributed by atoms with Crippen molar-refractivity contribution in [1.82, 2.24) is 25.1 Å². The highest BCUT2D eigenvalue weighted by Crippen LogP contribution is 2.31. The van der Waals surface area contributed by atoms with E-state index in [-0.39, 0.29) is 30.8 Å². The summed E-state index contributed by atoms with van der Waals surface area (Å²) in [4.78, 5) is 19.6. The number of hydrogen-bond acceptors (Lipinski definition) is 7. The number of carbonyl (C=O) groups is 1. The number of hydrogen-bond donors (Lipinski definition) is 2. The molecule has 0 saturated carbocycles. The third-order valence-electron chi connectivity index (χ3n) is 6.97. The molecule has 4 heterocycles. The van der Waals surface area contributed by atoms with Gasteiger partial charge in [-0.15, -0.1) is 10.2 Å². The first kappa shape index (κ1) is 23.9. The first-order chi connectivity index (χ1) is 16.8. The fraction of sp³-hybridized carbons (Fsp3) is 0.500. The van der Waals surface area contributed by atoms with E-state index in [9.17, 15) is 4.79 Å². The van der Waals surface area contributed by atoms with E-state index in [2.05, 4.69) is 15.5 Å². The predicted octanol–water partition coefficient (Wildman–Crippen LogP) is 2.29.